The standard InChI is InChI=1S/C16H14BrClFNO/c17-11-1-5-15(10(7-11)9-20-13-3-4-13)21-16-6-2-12(19)8-14(16)18/h1-2,5-8,13,20H,3-4,9H2. The Labute approximate surface area is 136 Å². The highest BCUT2D eigenvalue weighted by molar-refractivity contribution is 9.10. The predicted octanol–water partition coefficient (Wildman–Crippen LogP) is 5.29. The van der Waals surface area contributed by atoms with Crippen LogP contribution in [0.4, 0.5) is 4.39 Å². The maximum absolute atomic E-state index is 13.1. The Bertz CT molecular complexity index is 661. The van der Waals surface area contributed by atoms with Crippen molar-refractivity contribution in [2.45, 2.75) is 25.4 Å². The first kappa shape index (κ1) is 14.8. The highest BCUT2D eigenvalue weighted by Crippen LogP contribution is 2.33. The van der Waals surface area contributed by atoms with Crippen LogP contribution in [-0.4, -0.2) is 6.04 Å². The summed E-state index contributed by atoms with van der Waals surface area (Å²) in [6.07, 6.45) is 2.46. The average molecular weight is 371 g/mol. The number of ether oxygens (including phenoxy) is 1. The number of benzene rings is 2. The number of halogens is 3. The summed E-state index contributed by atoms with van der Waals surface area (Å²) in [6.45, 7) is 0.734. The van der Waals surface area contributed by atoms with Crippen molar-refractivity contribution in [1.29, 1.82) is 0 Å². The summed E-state index contributed by atoms with van der Waals surface area (Å²) in [5.41, 5.74) is 1.04. The fourth-order valence-corrected chi connectivity index (χ4v) is 2.62. The summed E-state index contributed by atoms with van der Waals surface area (Å²) < 4.78 is 19.9. The number of hydrogen-bond donors (Lipinski definition) is 1. The van der Waals surface area contributed by atoms with Crippen LogP contribution < -0.4 is 10.1 Å². The molecule has 0 unspecified atom stereocenters. The Balaban J connectivity index is 1.82. The Hall–Kier alpha value is -1.10. The van der Waals surface area contributed by atoms with Crippen molar-refractivity contribution < 1.29 is 9.13 Å². The molecule has 2 nitrogen and oxygen atoms in total. The van der Waals surface area contributed by atoms with Crippen LogP contribution >= 0.6 is 27.5 Å². The van der Waals surface area contributed by atoms with E-state index in [1.54, 1.807) is 0 Å². The van der Waals surface area contributed by atoms with Gasteiger partial charge in [0.25, 0.3) is 0 Å². The molecule has 0 radical (unpaired) electrons. The molecule has 0 amide bonds. The molecule has 0 aliphatic heterocycles. The molecular weight excluding hydrogens is 357 g/mol. The van der Waals surface area contributed by atoms with Gasteiger partial charge in [-0.2, -0.15) is 0 Å². The molecule has 0 spiro atoms. The van der Waals surface area contributed by atoms with Crippen molar-refractivity contribution in [1.82, 2.24) is 5.32 Å². The summed E-state index contributed by atoms with van der Waals surface area (Å²) in [5.74, 6) is 0.798. The first-order valence-electron chi connectivity index (χ1n) is 6.76. The van der Waals surface area contributed by atoms with Crippen molar-refractivity contribution in [3.63, 3.8) is 0 Å². The first-order chi connectivity index (χ1) is 10.1. The van der Waals surface area contributed by atoms with Crippen molar-refractivity contribution in [2.75, 3.05) is 0 Å². The van der Waals surface area contributed by atoms with Crippen molar-refractivity contribution in [3.8, 4) is 11.5 Å². The van der Waals surface area contributed by atoms with E-state index < -0.39 is 0 Å². The van der Waals surface area contributed by atoms with E-state index in [4.69, 9.17) is 16.3 Å². The molecular formula is C16H14BrClFNO. The van der Waals surface area contributed by atoms with Gasteiger partial charge < -0.3 is 10.1 Å². The molecule has 21 heavy (non-hydrogen) atoms. The lowest BCUT2D eigenvalue weighted by atomic mass is 10.2. The first-order valence-corrected chi connectivity index (χ1v) is 7.93. The molecule has 110 valence electrons. The number of nitrogens with one attached hydrogen (secondary N) is 1. The SMILES string of the molecule is Fc1ccc(Oc2ccc(Br)cc2CNC2CC2)c(Cl)c1. The molecule has 5 heteroatoms. The molecule has 2 aromatic carbocycles. The van der Waals surface area contributed by atoms with Crippen LogP contribution in [0.2, 0.25) is 5.02 Å². The van der Waals surface area contributed by atoms with E-state index in [1.165, 1.54) is 31.0 Å². The van der Waals surface area contributed by atoms with Gasteiger partial charge in [-0.15, -0.1) is 0 Å². The second-order valence-corrected chi connectivity index (χ2v) is 6.41. The minimum absolute atomic E-state index is 0.263. The van der Waals surface area contributed by atoms with Crippen molar-refractivity contribution in [3.05, 3.63) is 57.3 Å². The van der Waals surface area contributed by atoms with Crippen molar-refractivity contribution in [2.24, 2.45) is 0 Å². The average Bonchev–Trinajstić information content (AvgIpc) is 3.26. The van der Waals surface area contributed by atoms with E-state index in [-0.39, 0.29) is 10.8 Å². The van der Waals surface area contributed by atoms with Gasteiger partial charge in [0.1, 0.15) is 17.3 Å². The van der Waals surface area contributed by atoms with E-state index in [0.29, 0.717) is 11.8 Å². The third-order valence-corrected chi connectivity index (χ3v) is 4.08. The highest BCUT2D eigenvalue weighted by Gasteiger charge is 2.21. The van der Waals surface area contributed by atoms with Gasteiger partial charge >= 0.3 is 0 Å². The summed E-state index contributed by atoms with van der Waals surface area (Å²) >= 11 is 9.48. The van der Waals surface area contributed by atoms with Gasteiger partial charge in [0.2, 0.25) is 0 Å². The molecule has 2 aromatic rings. The zero-order valence-corrected chi connectivity index (χ0v) is 13.5. The molecule has 0 heterocycles. The quantitative estimate of drug-likeness (QED) is 0.772. The largest absolute Gasteiger partial charge is 0.455 e. The van der Waals surface area contributed by atoms with Gasteiger partial charge in [-0.3, -0.25) is 0 Å². The molecule has 1 N–H and O–H groups in total. The Morgan fingerprint density at radius 3 is 2.67 bits per heavy atom. The zero-order valence-electron chi connectivity index (χ0n) is 11.2. The zero-order chi connectivity index (χ0) is 14.8. The lowest BCUT2D eigenvalue weighted by molar-refractivity contribution is 0.471. The second kappa shape index (κ2) is 6.34. The normalized spacial score (nSPS) is 14.2. The highest BCUT2D eigenvalue weighted by atomic mass is 79.9. The topological polar surface area (TPSA) is 21.3 Å². The maximum Gasteiger partial charge on any atom is 0.146 e. The molecule has 1 saturated carbocycles. The molecule has 0 bridgehead atoms. The molecule has 0 atom stereocenters. The Morgan fingerprint density at radius 1 is 1.19 bits per heavy atom. The summed E-state index contributed by atoms with van der Waals surface area (Å²) in [7, 11) is 0. The van der Waals surface area contributed by atoms with Crippen LogP contribution in [-0.2, 0) is 6.54 Å². The smallest absolute Gasteiger partial charge is 0.146 e. The van der Waals surface area contributed by atoms with Crippen LogP contribution in [0.25, 0.3) is 0 Å². The lowest BCUT2D eigenvalue weighted by Crippen LogP contribution is -2.15. The predicted molar refractivity (Wildman–Crippen MR) is 85.5 cm³/mol. The maximum atomic E-state index is 13.1. The third-order valence-electron chi connectivity index (χ3n) is 3.29. The molecule has 0 saturated heterocycles. The molecule has 1 fully saturated rings. The van der Waals surface area contributed by atoms with Crippen LogP contribution in [0.1, 0.15) is 18.4 Å². The number of rotatable bonds is 5. The third kappa shape index (κ3) is 3.96. The fourth-order valence-electron chi connectivity index (χ4n) is 2.00. The van der Waals surface area contributed by atoms with E-state index >= 15 is 0 Å². The Kier molecular flexibility index (Phi) is 4.48. The van der Waals surface area contributed by atoms with Crippen LogP contribution in [0, 0.1) is 5.82 Å². The van der Waals surface area contributed by atoms with Crippen LogP contribution in [0.15, 0.2) is 40.9 Å². The summed E-state index contributed by atoms with van der Waals surface area (Å²) in [4.78, 5) is 0. The molecule has 0 aromatic heterocycles. The van der Waals surface area contributed by atoms with E-state index in [9.17, 15) is 4.39 Å². The van der Waals surface area contributed by atoms with E-state index in [0.717, 1.165) is 22.3 Å². The molecule has 3 rings (SSSR count). The van der Waals surface area contributed by atoms with Crippen molar-refractivity contribution >= 4 is 27.5 Å². The van der Waals surface area contributed by atoms with E-state index in [2.05, 4.69) is 21.2 Å². The van der Waals surface area contributed by atoms with Gasteiger partial charge in [-0.1, -0.05) is 27.5 Å². The van der Waals surface area contributed by atoms with Crippen LogP contribution in [0.5, 0.6) is 11.5 Å². The Morgan fingerprint density at radius 2 is 1.95 bits per heavy atom. The lowest BCUT2D eigenvalue weighted by Gasteiger charge is -2.13. The molecule has 1 aliphatic rings. The minimum atomic E-state index is -0.376. The van der Waals surface area contributed by atoms with Gasteiger partial charge in [-0.25, -0.2) is 4.39 Å². The molecule has 1 aliphatic carbocycles. The van der Waals surface area contributed by atoms with E-state index in [1.807, 2.05) is 18.2 Å². The van der Waals surface area contributed by atoms with Gasteiger partial charge in [0, 0.05) is 22.6 Å². The summed E-state index contributed by atoms with van der Waals surface area (Å²) in [6, 6.07) is 10.5. The fraction of sp³-hybridized carbons (Fsp3) is 0.250. The van der Waals surface area contributed by atoms with Gasteiger partial charge in [-0.05, 0) is 49.2 Å². The summed E-state index contributed by atoms with van der Waals surface area (Å²) in [5, 5.41) is 3.72. The van der Waals surface area contributed by atoms with Gasteiger partial charge in [0.05, 0.1) is 5.02 Å². The van der Waals surface area contributed by atoms with Gasteiger partial charge in [0.15, 0.2) is 0 Å². The monoisotopic (exact) mass is 369 g/mol. The minimum Gasteiger partial charge on any atom is -0.455 e. The van der Waals surface area contributed by atoms with Crippen LogP contribution in [0.3, 0.4) is 0 Å². The second-order valence-electron chi connectivity index (χ2n) is 5.08. The number of hydrogen-bond acceptors (Lipinski definition) is 2.